The van der Waals surface area contributed by atoms with E-state index in [0.29, 0.717) is 0 Å². The van der Waals surface area contributed by atoms with E-state index in [2.05, 4.69) is 235 Å². The molecule has 0 bridgehead atoms. The highest BCUT2D eigenvalue weighted by Gasteiger charge is 2.23. The first-order valence-corrected chi connectivity index (χ1v) is 20.5. The van der Waals surface area contributed by atoms with Crippen molar-refractivity contribution in [1.82, 2.24) is 0 Å². The minimum absolute atomic E-state index is 0.848. The van der Waals surface area contributed by atoms with Crippen molar-refractivity contribution in [2.75, 3.05) is 4.90 Å². The fraction of sp³-hybridized carbons (Fsp3) is 0. The summed E-state index contributed by atoms with van der Waals surface area (Å²) in [6, 6.07) is 84.7. The molecule has 0 N–H and O–H groups in total. The van der Waals surface area contributed by atoms with Crippen molar-refractivity contribution < 1.29 is 4.42 Å². The lowest BCUT2D eigenvalue weighted by atomic mass is 9.94. The van der Waals surface area contributed by atoms with Crippen LogP contribution in [0, 0.1) is 0 Å². The maximum Gasteiger partial charge on any atom is 0.160 e. The van der Waals surface area contributed by atoms with E-state index in [1.54, 1.807) is 0 Å². The summed E-state index contributed by atoms with van der Waals surface area (Å²) in [4.78, 5) is 2.35. The van der Waals surface area contributed by atoms with E-state index in [-0.39, 0.29) is 0 Å². The van der Waals surface area contributed by atoms with E-state index in [4.69, 9.17) is 4.42 Å². The van der Waals surface area contributed by atoms with E-state index in [1.807, 2.05) is 6.07 Å². The summed E-state index contributed by atoms with van der Waals surface area (Å²) in [6.45, 7) is 0. The van der Waals surface area contributed by atoms with Gasteiger partial charge in [0.25, 0.3) is 0 Å². The van der Waals surface area contributed by atoms with Crippen LogP contribution in [-0.4, -0.2) is 0 Å². The van der Waals surface area contributed by atoms with Crippen molar-refractivity contribution in [3.8, 4) is 55.6 Å². The predicted molar refractivity (Wildman–Crippen MR) is 253 cm³/mol. The van der Waals surface area contributed by atoms with E-state index >= 15 is 0 Å². The molecule has 0 amide bonds. The van der Waals surface area contributed by atoms with Gasteiger partial charge in [0.1, 0.15) is 5.58 Å². The smallest absolute Gasteiger partial charge is 0.160 e. The van der Waals surface area contributed by atoms with Gasteiger partial charge < -0.3 is 9.32 Å². The second kappa shape index (κ2) is 15.1. The summed E-state index contributed by atoms with van der Waals surface area (Å²) in [6.07, 6.45) is 0. The molecule has 60 heavy (non-hydrogen) atoms. The van der Waals surface area contributed by atoms with Crippen molar-refractivity contribution in [3.05, 3.63) is 237 Å². The summed E-state index contributed by atoms with van der Waals surface area (Å²) < 4.78 is 6.89. The average molecular weight is 766 g/mol. The van der Waals surface area contributed by atoms with E-state index in [0.717, 1.165) is 66.8 Å². The first kappa shape index (κ1) is 35.2. The fourth-order valence-corrected chi connectivity index (χ4v) is 8.73. The molecule has 0 fully saturated rings. The number of anilines is 3. The van der Waals surface area contributed by atoms with E-state index < -0.39 is 0 Å². The van der Waals surface area contributed by atoms with Gasteiger partial charge >= 0.3 is 0 Å². The molecule has 0 spiro atoms. The molecule has 1 heterocycles. The van der Waals surface area contributed by atoms with Crippen LogP contribution in [-0.2, 0) is 0 Å². The summed E-state index contributed by atoms with van der Waals surface area (Å²) in [5.41, 5.74) is 16.5. The molecular weight excluding hydrogens is 727 g/mol. The van der Waals surface area contributed by atoms with Crippen molar-refractivity contribution in [2.45, 2.75) is 0 Å². The van der Waals surface area contributed by atoms with Crippen molar-refractivity contribution in [1.29, 1.82) is 0 Å². The number of benzene rings is 10. The maximum absolute atomic E-state index is 6.89. The lowest BCUT2D eigenvalue weighted by Gasteiger charge is -2.27. The zero-order valence-corrected chi connectivity index (χ0v) is 32.9. The number of rotatable bonds is 8. The second-order valence-corrected chi connectivity index (χ2v) is 15.3. The number of nitrogens with zero attached hydrogens (tertiary/aromatic N) is 1. The lowest BCUT2D eigenvalue weighted by Crippen LogP contribution is -2.10. The summed E-state index contributed by atoms with van der Waals surface area (Å²) in [7, 11) is 0. The monoisotopic (exact) mass is 765 g/mol. The third kappa shape index (κ3) is 6.41. The molecule has 0 radical (unpaired) electrons. The summed E-state index contributed by atoms with van der Waals surface area (Å²) in [5.74, 6) is 0. The Bertz CT molecular complexity index is 3290. The highest BCUT2D eigenvalue weighted by molar-refractivity contribution is 6.17. The third-order valence-corrected chi connectivity index (χ3v) is 11.7. The van der Waals surface area contributed by atoms with Gasteiger partial charge in [-0.1, -0.05) is 188 Å². The molecule has 0 aliphatic heterocycles. The van der Waals surface area contributed by atoms with Crippen molar-refractivity contribution in [2.24, 2.45) is 0 Å². The van der Waals surface area contributed by atoms with Crippen molar-refractivity contribution >= 4 is 49.8 Å². The molecule has 0 aliphatic carbocycles. The Kier molecular flexibility index (Phi) is 8.87. The zero-order chi connectivity index (χ0) is 39.8. The van der Waals surface area contributed by atoms with Crippen LogP contribution < -0.4 is 4.90 Å². The highest BCUT2D eigenvalue weighted by Crippen LogP contribution is 2.46. The lowest BCUT2D eigenvalue weighted by molar-refractivity contribution is 0.669. The number of hydrogen-bond donors (Lipinski definition) is 0. The molecule has 11 rings (SSSR count). The van der Waals surface area contributed by atoms with Gasteiger partial charge in [-0.2, -0.15) is 0 Å². The second-order valence-electron chi connectivity index (χ2n) is 15.3. The van der Waals surface area contributed by atoms with Crippen LogP contribution >= 0.6 is 0 Å². The standard InChI is InChI=1S/C58H39NO/c1-4-15-40(16-5-1)45-22-12-23-46(37-45)47-24-13-25-50(38-47)59(55-36-35-52(43-19-8-3-9-20-43)57-53-26-10-11-28-56(53)60-58(55)57)49-33-31-41(32-34-49)48-30-29-44-21-14-27-51(54(44)39-48)42-17-6-2-7-18-42/h1-39H. The Labute approximate surface area is 349 Å². The average Bonchev–Trinajstić information content (AvgIpc) is 3.73. The van der Waals surface area contributed by atoms with E-state index in [1.165, 1.54) is 38.6 Å². The van der Waals surface area contributed by atoms with Crippen LogP contribution in [0.2, 0.25) is 0 Å². The number of hydrogen-bond acceptors (Lipinski definition) is 2. The number of fused-ring (bicyclic) bond motifs is 4. The molecule has 10 aromatic carbocycles. The molecular formula is C58H39NO. The van der Waals surface area contributed by atoms with Gasteiger partial charge in [0, 0.05) is 22.1 Å². The molecule has 2 heteroatoms. The van der Waals surface area contributed by atoms with Gasteiger partial charge in [-0.05, 0) is 115 Å². The van der Waals surface area contributed by atoms with Crippen LogP contribution in [0.1, 0.15) is 0 Å². The largest absolute Gasteiger partial charge is 0.454 e. The quantitative estimate of drug-likeness (QED) is 0.153. The Morgan fingerprint density at radius 1 is 0.300 bits per heavy atom. The van der Waals surface area contributed by atoms with Crippen LogP contribution in [0.5, 0.6) is 0 Å². The molecule has 0 saturated carbocycles. The molecule has 282 valence electrons. The van der Waals surface area contributed by atoms with Gasteiger partial charge in [-0.3, -0.25) is 0 Å². The molecule has 0 atom stereocenters. The molecule has 0 unspecified atom stereocenters. The Morgan fingerprint density at radius 2 is 0.850 bits per heavy atom. The SMILES string of the molecule is c1ccc(-c2cccc(-c3cccc(N(c4ccc(-c5ccc6cccc(-c7ccccc7)c6c5)cc4)c4ccc(-c5ccccc5)c5c4oc4ccccc45)c3)c2)cc1. The molecule has 0 aliphatic rings. The molecule has 11 aromatic rings. The first-order valence-electron chi connectivity index (χ1n) is 20.5. The Balaban J connectivity index is 1.07. The highest BCUT2D eigenvalue weighted by atomic mass is 16.3. The maximum atomic E-state index is 6.89. The molecule has 1 aromatic heterocycles. The summed E-state index contributed by atoms with van der Waals surface area (Å²) in [5, 5.41) is 4.67. The van der Waals surface area contributed by atoms with Gasteiger partial charge in [-0.15, -0.1) is 0 Å². The van der Waals surface area contributed by atoms with Crippen LogP contribution in [0.15, 0.2) is 241 Å². The van der Waals surface area contributed by atoms with E-state index in [9.17, 15) is 0 Å². The minimum Gasteiger partial charge on any atom is -0.454 e. The Hall–Kier alpha value is -7.94. The Morgan fingerprint density at radius 3 is 1.60 bits per heavy atom. The van der Waals surface area contributed by atoms with Gasteiger partial charge in [-0.25, -0.2) is 0 Å². The topological polar surface area (TPSA) is 16.4 Å². The zero-order valence-electron chi connectivity index (χ0n) is 32.9. The molecule has 2 nitrogen and oxygen atoms in total. The molecule has 0 saturated heterocycles. The fourth-order valence-electron chi connectivity index (χ4n) is 8.73. The van der Waals surface area contributed by atoms with Crippen LogP contribution in [0.4, 0.5) is 17.1 Å². The minimum atomic E-state index is 0.848. The van der Waals surface area contributed by atoms with Crippen LogP contribution in [0.25, 0.3) is 88.3 Å². The summed E-state index contributed by atoms with van der Waals surface area (Å²) >= 11 is 0. The normalized spacial score (nSPS) is 11.3. The van der Waals surface area contributed by atoms with Gasteiger partial charge in [0.05, 0.1) is 5.69 Å². The number of para-hydroxylation sites is 1. The third-order valence-electron chi connectivity index (χ3n) is 11.7. The predicted octanol–water partition coefficient (Wildman–Crippen LogP) is 16.5. The number of furan rings is 1. The van der Waals surface area contributed by atoms with Gasteiger partial charge in [0.2, 0.25) is 0 Å². The van der Waals surface area contributed by atoms with Crippen molar-refractivity contribution in [3.63, 3.8) is 0 Å². The van der Waals surface area contributed by atoms with Gasteiger partial charge in [0.15, 0.2) is 5.58 Å². The van der Waals surface area contributed by atoms with Crippen LogP contribution in [0.3, 0.4) is 0 Å². The first-order chi connectivity index (χ1) is 29.7.